The van der Waals surface area contributed by atoms with Crippen molar-refractivity contribution in [3.8, 4) is 0 Å². The van der Waals surface area contributed by atoms with Crippen molar-refractivity contribution in [2.75, 3.05) is 0 Å². The zero-order chi connectivity index (χ0) is 11.6. The molecule has 6 heteroatoms. The molecule has 1 aromatic carbocycles. The van der Waals surface area contributed by atoms with Crippen molar-refractivity contribution < 1.29 is 18.8 Å². The Kier molecular flexibility index (Phi) is 3.11. The molecule has 0 aliphatic carbocycles. The zero-order valence-corrected chi connectivity index (χ0v) is 7.48. The summed E-state index contributed by atoms with van der Waals surface area (Å²) in [6.45, 7) is 3.14. The molecule has 0 amide bonds. The number of rotatable bonds is 3. The van der Waals surface area contributed by atoms with E-state index in [9.17, 15) is 24.0 Å². The quantitative estimate of drug-likeness (QED) is 0.477. The van der Waals surface area contributed by atoms with Crippen LogP contribution in [-0.4, -0.2) is 10.0 Å². The van der Waals surface area contributed by atoms with Gasteiger partial charge in [-0.15, -0.1) is 6.58 Å². The summed E-state index contributed by atoms with van der Waals surface area (Å²) in [5, 5.41) is 19.5. The molecule has 15 heavy (non-hydrogen) atoms. The first kappa shape index (κ1) is 11.3. The molecule has 1 rings (SSSR count). The first-order valence-corrected chi connectivity index (χ1v) is 3.92. The molecule has 0 saturated heterocycles. The average Bonchev–Trinajstić information content (AvgIpc) is 2.16. The highest BCUT2D eigenvalue weighted by molar-refractivity contribution is 5.39. The van der Waals surface area contributed by atoms with E-state index in [-0.39, 0.29) is 0 Å². The molecule has 0 bridgehead atoms. The maximum absolute atomic E-state index is 13.3. The molecule has 1 N–H and O–H groups in total. The maximum atomic E-state index is 13.3. The summed E-state index contributed by atoms with van der Waals surface area (Å²) in [5.74, 6) is -2.43. The number of halogens is 2. The number of hydrogen-bond donors (Lipinski definition) is 1. The van der Waals surface area contributed by atoms with Gasteiger partial charge in [0.15, 0.2) is 0 Å². The molecule has 4 nitrogen and oxygen atoms in total. The number of aliphatic hydroxyl groups excluding tert-OH is 1. The van der Waals surface area contributed by atoms with Gasteiger partial charge in [0.25, 0.3) is 0 Å². The van der Waals surface area contributed by atoms with Crippen molar-refractivity contribution in [2.45, 2.75) is 6.10 Å². The van der Waals surface area contributed by atoms with Crippen LogP contribution in [-0.2, 0) is 0 Å². The van der Waals surface area contributed by atoms with Gasteiger partial charge in [0, 0.05) is 6.07 Å². The predicted molar refractivity (Wildman–Crippen MR) is 48.2 cm³/mol. The van der Waals surface area contributed by atoms with Crippen LogP contribution in [0, 0.1) is 21.7 Å². The van der Waals surface area contributed by atoms with E-state index in [1.165, 1.54) is 0 Å². The molecule has 1 atom stereocenters. The number of nitrogens with zero attached hydrogens (tertiary/aromatic N) is 1. The Balaban J connectivity index is 3.42. The van der Waals surface area contributed by atoms with Gasteiger partial charge in [-0.2, -0.15) is 4.39 Å². The number of nitro groups is 1. The summed E-state index contributed by atoms with van der Waals surface area (Å²) >= 11 is 0. The Labute approximate surface area is 83.6 Å². The van der Waals surface area contributed by atoms with Crippen LogP contribution in [0.1, 0.15) is 11.7 Å². The van der Waals surface area contributed by atoms with Crippen LogP contribution in [0.2, 0.25) is 0 Å². The Morgan fingerprint density at radius 1 is 1.53 bits per heavy atom. The molecular weight excluding hydrogens is 208 g/mol. The summed E-state index contributed by atoms with van der Waals surface area (Å²) < 4.78 is 26.4. The number of benzene rings is 1. The van der Waals surface area contributed by atoms with E-state index in [0.29, 0.717) is 6.07 Å². The Bertz CT molecular complexity index is 420. The van der Waals surface area contributed by atoms with Gasteiger partial charge in [-0.3, -0.25) is 10.1 Å². The first-order valence-electron chi connectivity index (χ1n) is 3.92. The monoisotopic (exact) mass is 215 g/mol. The van der Waals surface area contributed by atoms with Gasteiger partial charge in [0.2, 0.25) is 5.82 Å². The lowest BCUT2D eigenvalue weighted by Gasteiger charge is -2.08. The molecule has 0 spiro atoms. The highest BCUT2D eigenvalue weighted by Gasteiger charge is 2.24. The molecule has 80 valence electrons. The average molecular weight is 215 g/mol. The van der Waals surface area contributed by atoms with Crippen LogP contribution >= 0.6 is 0 Å². The molecule has 1 aromatic rings. The topological polar surface area (TPSA) is 63.4 Å². The first-order chi connectivity index (χ1) is 6.99. The lowest BCUT2D eigenvalue weighted by molar-refractivity contribution is -0.387. The molecule has 0 heterocycles. The summed E-state index contributed by atoms with van der Waals surface area (Å²) in [6.07, 6.45) is -0.726. The molecule has 1 unspecified atom stereocenters. The van der Waals surface area contributed by atoms with Gasteiger partial charge in [-0.05, 0) is 6.07 Å². The number of aliphatic hydroxyl groups is 1. The van der Waals surface area contributed by atoms with Crippen LogP contribution in [0.4, 0.5) is 14.5 Å². The molecule has 0 fully saturated rings. The number of hydrogen-bond acceptors (Lipinski definition) is 3. The minimum absolute atomic E-state index is 0.698. The maximum Gasteiger partial charge on any atom is 0.305 e. The van der Waals surface area contributed by atoms with Crippen molar-refractivity contribution >= 4 is 5.69 Å². The van der Waals surface area contributed by atoms with Crippen LogP contribution in [0.3, 0.4) is 0 Å². The van der Waals surface area contributed by atoms with E-state index in [4.69, 9.17) is 0 Å². The fraction of sp³-hybridized carbons (Fsp3) is 0.111. The van der Waals surface area contributed by atoms with Gasteiger partial charge >= 0.3 is 5.69 Å². The second-order valence-corrected chi connectivity index (χ2v) is 2.73. The van der Waals surface area contributed by atoms with Crippen LogP contribution in [0.25, 0.3) is 0 Å². The highest BCUT2D eigenvalue weighted by atomic mass is 19.1. The predicted octanol–water partition coefficient (Wildman–Crippen LogP) is 2.09. The molecule has 0 aliphatic rings. The number of nitro benzene ring substituents is 1. The summed E-state index contributed by atoms with van der Waals surface area (Å²) in [6, 6.07) is 1.42. The Morgan fingerprint density at radius 2 is 2.13 bits per heavy atom. The Hall–Kier alpha value is -1.82. The summed E-state index contributed by atoms with van der Waals surface area (Å²) in [5.41, 5.74) is -1.65. The molecular formula is C9H7F2NO3. The van der Waals surface area contributed by atoms with Gasteiger partial charge in [-0.25, -0.2) is 4.39 Å². The largest absolute Gasteiger partial charge is 0.384 e. The van der Waals surface area contributed by atoms with Crippen molar-refractivity contribution in [2.24, 2.45) is 0 Å². The van der Waals surface area contributed by atoms with Crippen LogP contribution in [0.5, 0.6) is 0 Å². The smallest absolute Gasteiger partial charge is 0.305 e. The van der Waals surface area contributed by atoms with Gasteiger partial charge in [0.05, 0.1) is 10.5 Å². The van der Waals surface area contributed by atoms with Crippen LogP contribution < -0.4 is 0 Å². The fourth-order valence-corrected chi connectivity index (χ4v) is 1.09. The van der Waals surface area contributed by atoms with E-state index < -0.39 is 33.9 Å². The summed E-state index contributed by atoms with van der Waals surface area (Å²) in [4.78, 5) is 9.34. The molecule has 0 aromatic heterocycles. The second kappa shape index (κ2) is 4.14. The highest BCUT2D eigenvalue weighted by Crippen LogP contribution is 2.28. The lowest BCUT2D eigenvalue weighted by atomic mass is 10.1. The summed E-state index contributed by atoms with van der Waals surface area (Å²) in [7, 11) is 0. The third kappa shape index (κ3) is 1.99. The fourth-order valence-electron chi connectivity index (χ4n) is 1.09. The van der Waals surface area contributed by atoms with Crippen molar-refractivity contribution in [1.29, 1.82) is 0 Å². The second-order valence-electron chi connectivity index (χ2n) is 2.73. The van der Waals surface area contributed by atoms with Gasteiger partial charge in [-0.1, -0.05) is 6.08 Å². The van der Waals surface area contributed by atoms with Crippen LogP contribution in [0.15, 0.2) is 24.8 Å². The lowest BCUT2D eigenvalue weighted by Crippen LogP contribution is -2.04. The van der Waals surface area contributed by atoms with Gasteiger partial charge in [0.1, 0.15) is 11.9 Å². The van der Waals surface area contributed by atoms with Crippen molar-refractivity contribution in [3.05, 3.63) is 52.1 Å². The molecule has 0 saturated carbocycles. The third-order valence-electron chi connectivity index (χ3n) is 1.82. The molecule has 0 radical (unpaired) electrons. The van der Waals surface area contributed by atoms with E-state index in [1.807, 2.05) is 0 Å². The minimum atomic E-state index is -1.61. The van der Waals surface area contributed by atoms with Crippen molar-refractivity contribution in [1.82, 2.24) is 0 Å². The third-order valence-corrected chi connectivity index (χ3v) is 1.82. The van der Waals surface area contributed by atoms with E-state index in [0.717, 1.165) is 12.1 Å². The molecule has 0 aliphatic heterocycles. The Morgan fingerprint density at radius 3 is 2.60 bits per heavy atom. The zero-order valence-electron chi connectivity index (χ0n) is 7.48. The van der Waals surface area contributed by atoms with E-state index in [1.54, 1.807) is 0 Å². The SMILES string of the molecule is C=CC(O)c1c(F)ccc([N+](=O)[O-])c1F. The van der Waals surface area contributed by atoms with E-state index >= 15 is 0 Å². The van der Waals surface area contributed by atoms with Gasteiger partial charge < -0.3 is 5.11 Å². The van der Waals surface area contributed by atoms with Crippen molar-refractivity contribution in [3.63, 3.8) is 0 Å². The van der Waals surface area contributed by atoms with E-state index in [2.05, 4.69) is 6.58 Å². The normalized spacial score (nSPS) is 12.2. The minimum Gasteiger partial charge on any atom is -0.384 e. The standard InChI is InChI=1S/C9H7F2NO3/c1-2-7(13)8-5(10)3-4-6(9(8)11)12(14)15/h2-4,7,13H,1H2.